The molecule has 1 aromatic carbocycles. The lowest BCUT2D eigenvalue weighted by Gasteiger charge is -2.30. The maximum absolute atomic E-state index is 11.9. The first-order valence-corrected chi connectivity index (χ1v) is 6.21. The molecule has 3 rings (SSSR count). The molecule has 3 heteroatoms. The molecule has 2 aliphatic rings. The smallest absolute Gasteiger partial charge is 0.172 e. The Labute approximate surface area is 106 Å². The molecule has 90 valence electrons. The summed E-state index contributed by atoms with van der Waals surface area (Å²) in [6.07, 6.45) is 4.21. The van der Waals surface area contributed by atoms with Gasteiger partial charge in [0.25, 0.3) is 0 Å². The van der Waals surface area contributed by atoms with E-state index < -0.39 is 0 Å². The first-order valence-electron chi connectivity index (χ1n) is 6.21. The summed E-state index contributed by atoms with van der Waals surface area (Å²) in [7, 11) is 0. The molecule has 0 radical (unpaired) electrons. The molecule has 0 aromatic heterocycles. The van der Waals surface area contributed by atoms with Crippen LogP contribution in [0.5, 0.6) is 0 Å². The van der Waals surface area contributed by atoms with E-state index in [0.29, 0.717) is 6.42 Å². The van der Waals surface area contributed by atoms with Gasteiger partial charge >= 0.3 is 0 Å². The highest BCUT2D eigenvalue weighted by Gasteiger charge is 2.45. The highest BCUT2D eigenvalue weighted by atomic mass is 16.1. The summed E-state index contributed by atoms with van der Waals surface area (Å²) in [4.78, 5) is 14.0. The Hall–Kier alpha value is -1.92. The molecular formula is C15H14N2O. The predicted octanol–water partition coefficient (Wildman–Crippen LogP) is 1.91. The average molecular weight is 238 g/mol. The van der Waals surface area contributed by atoms with Gasteiger partial charge in [0.1, 0.15) is 0 Å². The summed E-state index contributed by atoms with van der Waals surface area (Å²) in [6, 6.07) is 12.4. The molecule has 2 aliphatic heterocycles. The molecule has 0 amide bonds. The Morgan fingerprint density at radius 3 is 2.83 bits per heavy atom. The van der Waals surface area contributed by atoms with Crippen LogP contribution >= 0.6 is 0 Å². The summed E-state index contributed by atoms with van der Waals surface area (Å²) in [5, 5.41) is 9.16. The topological polar surface area (TPSA) is 44.1 Å². The second-order valence-corrected chi connectivity index (χ2v) is 4.90. The molecule has 0 spiro atoms. The number of fused-ring (bicyclic) bond motifs is 2. The van der Waals surface area contributed by atoms with Crippen LogP contribution in [0.4, 0.5) is 0 Å². The van der Waals surface area contributed by atoms with Crippen molar-refractivity contribution in [2.45, 2.75) is 25.0 Å². The van der Waals surface area contributed by atoms with Crippen LogP contribution in [0.25, 0.3) is 0 Å². The molecule has 3 atom stereocenters. The van der Waals surface area contributed by atoms with Gasteiger partial charge in [-0.05, 0) is 18.1 Å². The molecule has 1 fully saturated rings. The van der Waals surface area contributed by atoms with E-state index in [4.69, 9.17) is 5.26 Å². The standard InChI is InChI=1S/C15H14N2O/c16-9-12-8-14-15(18)7-6-13(12)17(14)10-11-4-2-1-3-5-11/h1-7,12-14H,8,10H2/t12-,13+,14+/m0/s1. The van der Waals surface area contributed by atoms with Crippen LogP contribution in [0.3, 0.4) is 0 Å². The zero-order valence-corrected chi connectivity index (χ0v) is 9.99. The van der Waals surface area contributed by atoms with E-state index in [-0.39, 0.29) is 23.8 Å². The Balaban J connectivity index is 1.87. The summed E-state index contributed by atoms with van der Waals surface area (Å²) in [5.74, 6) is 0.0846. The fourth-order valence-electron chi connectivity index (χ4n) is 2.92. The number of ketones is 1. The monoisotopic (exact) mass is 238 g/mol. The van der Waals surface area contributed by atoms with Crippen molar-refractivity contribution in [3.05, 3.63) is 48.0 Å². The van der Waals surface area contributed by atoms with Crippen molar-refractivity contribution in [3.63, 3.8) is 0 Å². The Bertz CT molecular complexity index is 529. The summed E-state index contributed by atoms with van der Waals surface area (Å²) in [5.41, 5.74) is 1.19. The molecule has 0 saturated carbocycles. The van der Waals surface area contributed by atoms with Crippen LogP contribution in [0, 0.1) is 17.2 Å². The fourth-order valence-corrected chi connectivity index (χ4v) is 2.92. The van der Waals surface area contributed by atoms with Gasteiger partial charge in [0, 0.05) is 12.6 Å². The Kier molecular flexibility index (Phi) is 2.73. The van der Waals surface area contributed by atoms with Gasteiger partial charge in [-0.15, -0.1) is 0 Å². The van der Waals surface area contributed by atoms with Crippen molar-refractivity contribution in [1.82, 2.24) is 4.90 Å². The molecule has 0 unspecified atom stereocenters. The lowest BCUT2D eigenvalue weighted by atomic mass is 10.0. The number of hydrogen-bond acceptors (Lipinski definition) is 3. The normalized spacial score (nSPS) is 30.4. The predicted molar refractivity (Wildman–Crippen MR) is 67.4 cm³/mol. The fraction of sp³-hybridized carbons (Fsp3) is 0.333. The van der Waals surface area contributed by atoms with Gasteiger partial charge in [0.15, 0.2) is 5.78 Å². The number of carbonyl (C=O) groups excluding carboxylic acids is 1. The minimum atomic E-state index is -0.107. The van der Waals surface area contributed by atoms with Crippen LogP contribution in [0.1, 0.15) is 12.0 Å². The molecule has 3 nitrogen and oxygen atoms in total. The van der Waals surface area contributed by atoms with E-state index in [1.807, 2.05) is 24.3 Å². The van der Waals surface area contributed by atoms with Gasteiger partial charge in [0.2, 0.25) is 0 Å². The van der Waals surface area contributed by atoms with E-state index in [9.17, 15) is 4.79 Å². The van der Waals surface area contributed by atoms with Crippen molar-refractivity contribution in [1.29, 1.82) is 5.26 Å². The average Bonchev–Trinajstić information content (AvgIpc) is 2.65. The van der Waals surface area contributed by atoms with Gasteiger partial charge in [-0.25, -0.2) is 0 Å². The van der Waals surface area contributed by atoms with Crippen molar-refractivity contribution in [3.8, 4) is 6.07 Å². The highest BCUT2D eigenvalue weighted by Crippen LogP contribution is 2.35. The van der Waals surface area contributed by atoms with Crippen LogP contribution in [-0.2, 0) is 11.3 Å². The molecule has 1 saturated heterocycles. The third-order valence-electron chi connectivity index (χ3n) is 3.83. The molecule has 0 aliphatic carbocycles. The first kappa shape index (κ1) is 11.2. The van der Waals surface area contributed by atoms with E-state index in [1.165, 1.54) is 5.56 Å². The van der Waals surface area contributed by atoms with Gasteiger partial charge in [-0.2, -0.15) is 5.26 Å². The van der Waals surface area contributed by atoms with Crippen molar-refractivity contribution in [2.24, 2.45) is 5.92 Å². The SMILES string of the molecule is N#C[C@@H]1C[C@@H]2C(=O)C=C[C@H]1N2Cc1ccccc1. The number of nitrogens with zero attached hydrogens (tertiary/aromatic N) is 2. The number of benzene rings is 1. The lowest BCUT2D eigenvalue weighted by Crippen LogP contribution is -2.42. The zero-order chi connectivity index (χ0) is 12.5. The molecule has 18 heavy (non-hydrogen) atoms. The van der Waals surface area contributed by atoms with Crippen LogP contribution < -0.4 is 0 Å². The highest BCUT2D eigenvalue weighted by molar-refractivity contribution is 5.96. The minimum absolute atomic E-state index is 0.0542. The minimum Gasteiger partial charge on any atom is -0.293 e. The largest absolute Gasteiger partial charge is 0.293 e. The maximum Gasteiger partial charge on any atom is 0.172 e. The second-order valence-electron chi connectivity index (χ2n) is 4.90. The van der Waals surface area contributed by atoms with E-state index in [2.05, 4.69) is 23.1 Å². The Morgan fingerprint density at radius 1 is 1.33 bits per heavy atom. The van der Waals surface area contributed by atoms with Crippen molar-refractivity contribution >= 4 is 5.78 Å². The maximum atomic E-state index is 11.9. The zero-order valence-electron chi connectivity index (χ0n) is 9.99. The number of rotatable bonds is 2. The second kappa shape index (κ2) is 4.40. The van der Waals surface area contributed by atoms with E-state index in [0.717, 1.165) is 6.54 Å². The first-order chi connectivity index (χ1) is 8.79. The van der Waals surface area contributed by atoms with Gasteiger partial charge in [0.05, 0.1) is 18.0 Å². The lowest BCUT2D eigenvalue weighted by molar-refractivity contribution is -0.119. The summed E-state index contributed by atoms with van der Waals surface area (Å²) < 4.78 is 0. The van der Waals surface area contributed by atoms with E-state index in [1.54, 1.807) is 6.08 Å². The number of nitriles is 1. The van der Waals surface area contributed by atoms with Crippen LogP contribution in [0.2, 0.25) is 0 Å². The Morgan fingerprint density at radius 2 is 2.11 bits per heavy atom. The van der Waals surface area contributed by atoms with Gasteiger partial charge in [-0.1, -0.05) is 36.4 Å². The quantitative estimate of drug-likeness (QED) is 0.790. The number of carbonyl (C=O) groups is 1. The summed E-state index contributed by atoms with van der Waals surface area (Å²) in [6.45, 7) is 0.741. The summed E-state index contributed by atoms with van der Waals surface area (Å²) >= 11 is 0. The van der Waals surface area contributed by atoms with Gasteiger partial charge in [-0.3, -0.25) is 9.69 Å². The molecule has 0 N–H and O–H groups in total. The van der Waals surface area contributed by atoms with E-state index >= 15 is 0 Å². The molecule has 1 aromatic rings. The molecular weight excluding hydrogens is 224 g/mol. The van der Waals surface area contributed by atoms with Gasteiger partial charge < -0.3 is 0 Å². The third-order valence-corrected chi connectivity index (χ3v) is 3.83. The molecule has 2 bridgehead atoms. The van der Waals surface area contributed by atoms with Crippen LogP contribution in [0.15, 0.2) is 42.5 Å². The van der Waals surface area contributed by atoms with Crippen molar-refractivity contribution in [2.75, 3.05) is 0 Å². The van der Waals surface area contributed by atoms with Crippen molar-refractivity contribution < 1.29 is 4.79 Å². The number of hydrogen-bond donors (Lipinski definition) is 0. The third kappa shape index (κ3) is 1.75. The molecule has 2 heterocycles. The van der Waals surface area contributed by atoms with Crippen LogP contribution in [-0.4, -0.2) is 22.8 Å².